The quantitative estimate of drug-likeness (QED) is 0.773. The van der Waals surface area contributed by atoms with Crippen molar-refractivity contribution < 1.29 is 0 Å². The predicted molar refractivity (Wildman–Crippen MR) is 77.4 cm³/mol. The third-order valence-corrected chi connectivity index (χ3v) is 4.85. The van der Waals surface area contributed by atoms with E-state index in [4.69, 9.17) is 6.42 Å². The van der Waals surface area contributed by atoms with Crippen LogP contribution in [-0.4, -0.2) is 36.1 Å². The molecule has 1 heterocycles. The first-order valence-electron chi connectivity index (χ1n) is 7.65. The Balaban J connectivity index is 1.92. The highest BCUT2D eigenvalue weighted by molar-refractivity contribution is 4.95. The molecule has 1 N–H and O–H groups in total. The Labute approximate surface area is 113 Å². The van der Waals surface area contributed by atoms with Gasteiger partial charge in [-0.1, -0.05) is 19.3 Å². The molecule has 1 saturated carbocycles. The number of nitrogens with one attached hydrogen (secondary N) is 1. The molecule has 0 radical (unpaired) electrons. The van der Waals surface area contributed by atoms with Gasteiger partial charge in [-0.2, -0.15) is 0 Å². The van der Waals surface area contributed by atoms with Gasteiger partial charge in [-0.15, -0.1) is 12.3 Å². The first kappa shape index (κ1) is 13.9. The van der Waals surface area contributed by atoms with Crippen LogP contribution in [0, 0.1) is 18.3 Å². The van der Waals surface area contributed by atoms with Crippen molar-refractivity contribution in [3.63, 3.8) is 0 Å². The van der Waals surface area contributed by atoms with E-state index in [0.29, 0.717) is 18.1 Å². The minimum atomic E-state index is 0.526. The Morgan fingerprint density at radius 3 is 2.72 bits per heavy atom. The van der Waals surface area contributed by atoms with Crippen LogP contribution in [-0.2, 0) is 0 Å². The molecule has 3 atom stereocenters. The summed E-state index contributed by atoms with van der Waals surface area (Å²) in [4.78, 5) is 2.62. The molecule has 2 nitrogen and oxygen atoms in total. The largest absolute Gasteiger partial charge is 0.311 e. The molecule has 2 aliphatic rings. The van der Waals surface area contributed by atoms with Crippen molar-refractivity contribution in [3.8, 4) is 12.3 Å². The summed E-state index contributed by atoms with van der Waals surface area (Å²) in [5, 5.41) is 3.77. The zero-order valence-corrected chi connectivity index (χ0v) is 12.0. The minimum absolute atomic E-state index is 0.526. The van der Waals surface area contributed by atoms with Gasteiger partial charge in [-0.3, -0.25) is 4.90 Å². The lowest BCUT2D eigenvalue weighted by Gasteiger charge is -2.45. The van der Waals surface area contributed by atoms with Crippen LogP contribution in [0.15, 0.2) is 0 Å². The lowest BCUT2D eigenvalue weighted by molar-refractivity contribution is 0.0738. The minimum Gasteiger partial charge on any atom is -0.311 e. The second-order valence-electron chi connectivity index (χ2n) is 6.22. The molecule has 1 aliphatic heterocycles. The maximum absolute atomic E-state index is 5.47. The summed E-state index contributed by atoms with van der Waals surface area (Å²) in [5.41, 5.74) is 0. The number of hydrogen-bond acceptors (Lipinski definition) is 2. The highest BCUT2D eigenvalue weighted by Crippen LogP contribution is 2.29. The van der Waals surface area contributed by atoms with Crippen molar-refractivity contribution in [1.82, 2.24) is 10.2 Å². The van der Waals surface area contributed by atoms with Gasteiger partial charge >= 0.3 is 0 Å². The molecule has 0 aromatic carbocycles. The van der Waals surface area contributed by atoms with Gasteiger partial charge < -0.3 is 5.32 Å². The van der Waals surface area contributed by atoms with Gasteiger partial charge in [0.05, 0.1) is 0 Å². The fraction of sp³-hybridized carbons (Fsp3) is 0.875. The van der Waals surface area contributed by atoms with Gasteiger partial charge in [0.25, 0.3) is 0 Å². The molecule has 102 valence electrons. The summed E-state index contributed by atoms with van der Waals surface area (Å²) in [7, 11) is 0. The molecule has 2 rings (SSSR count). The zero-order valence-electron chi connectivity index (χ0n) is 12.0. The van der Waals surface area contributed by atoms with E-state index in [9.17, 15) is 0 Å². The molecule has 0 spiro atoms. The maximum Gasteiger partial charge on any atom is 0.0240 e. The standard InChI is InChI=1S/C16H28N2/c1-4-8-13(2)18-12-16(17-11-14(18)3)15-9-6-5-7-10-15/h1,13-17H,5-12H2,2-3H3. The van der Waals surface area contributed by atoms with Crippen LogP contribution in [0.1, 0.15) is 52.4 Å². The molecule has 1 aliphatic carbocycles. The van der Waals surface area contributed by atoms with Crippen molar-refractivity contribution in [3.05, 3.63) is 0 Å². The number of hydrogen-bond donors (Lipinski definition) is 1. The summed E-state index contributed by atoms with van der Waals surface area (Å²) in [5.74, 6) is 3.71. The van der Waals surface area contributed by atoms with Crippen LogP contribution in [0.25, 0.3) is 0 Å². The van der Waals surface area contributed by atoms with E-state index in [2.05, 4.69) is 30.0 Å². The summed E-state index contributed by atoms with van der Waals surface area (Å²) in [6.07, 6.45) is 13.5. The van der Waals surface area contributed by atoms with Gasteiger partial charge in [-0.05, 0) is 32.6 Å². The predicted octanol–water partition coefficient (Wildman–Crippen LogP) is 2.64. The lowest BCUT2D eigenvalue weighted by Crippen LogP contribution is -2.60. The van der Waals surface area contributed by atoms with Crippen molar-refractivity contribution in [2.45, 2.75) is 70.5 Å². The van der Waals surface area contributed by atoms with Crippen molar-refractivity contribution in [2.75, 3.05) is 13.1 Å². The SMILES string of the molecule is C#CCC(C)N1CC(C2CCCCC2)NCC1C. The summed E-state index contributed by atoms with van der Waals surface area (Å²) in [6, 6.07) is 1.84. The van der Waals surface area contributed by atoms with E-state index in [-0.39, 0.29) is 0 Å². The Morgan fingerprint density at radius 2 is 2.06 bits per heavy atom. The van der Waals surface area contributed by atoms with Crippen LogP contribution in [0.3, 0.4) is 0 Å². The molecule has 3 unspecified atom stereocenters. The van der Waals surface area contributed by atoms with Gasteiger partial charge in [0.2, 0.25) is 0 Å². The van der Waals surface area contributed by atoms with Gasteiger partial charge in [0, 0.05) is 37.6 Å². The average Bonchev–Trinajstić information content (AvgIpc) is 2.40. The number of rotatable bonds is 3. The van der Waals surface area contributed by atoms with Gasteiger partial charge in [0.1, 0.15) is 0 Å². The number of nitrogens with zero attached hydrogens (tertiary/aromatic N) is 1. The normalized spacial score (nSPS) is 32.9. The van der Waals surface area contributed by atoms with E-state index >= 15 is 0 Å². The Morgan fingerprint density at radius 1 is 1.33 bits per heavy atom. The fourth-order valence-corrected chi connectivity index (χ4v) is 3.67. The smallest absolute Gasteiger partial charge is 0.0240 e. The zero-order chi connectivity index (χ0) is 13.0. The molecule has 0 aromatic heterocycles. The van der Waals surface area contributed by atoms with Crippen LogP contribution in [0.5, 0.6) is 0 Å². The molecule has 1 saturated heterocycles. The molecule has 18 heavy (non-hydrogen) atoms. The second-order valence-corrected chi connectivity index (χ2v) is 6.22. The Kier molecular flexibility index (Phi) is 5.09. The average molecular weight is 248 g/mol. The summed E-state index contributed by atoms with van der Waals surface area (Å²) in [6.45, 7) is 6.90. The summed E-state index contributed by atoms with van der Waals surface area (Å²) < 4.78 is 0. The highest BCUT2D eigenvalue weighted by atomic mass is 15.2. The van der Waals surface area contributed by atoms with E-state index in [1.165, 1.54) is 38.6 Å². The van der Waals surface area contributed by atoms with E-state index in [1.807, 2.05) is 0 Å². The van der Waals surface area contributed by atoms with Crippen LogP contribution < -0.4 is 5.32 Å². The highest BCUT2D eigenvalue weighted by Gasteiger charge is 2.32. The maximum atomic E-state index is 5.47. The molecular formula is C16H28N2. The van der Waals surface area contributed by atoms with E-state index in [1.54, 1.807) is 0 Å². The van der Waals surface area contributed by atoms with Gasteiger partial charge in [0.15, 0.2) is 0 Å². The molecule has 0 bridgehead atoms. The first-order chi connectivity index (χ1) is 8.72. The molecule has 0 amide bonds. The second kappa shape index (κ2) is 6.59. The van der Waals surface area contributed by atoms with E-state index in [0.717, 1.165) is 18.9 Å². The molecule has 2 fully saturated rings. The topological polar surface area (TPSA) is 15.3 Å². The van der Waals surface area contributed by atoms with Crippen molar-refractivity contribution in [2.24, 2.45) is 5.92 Å². The van der Waals surface area contributed by atoms with Crippen LogP contribution in [0.2, 0.25) is 0 Å². The van der Waals surface area contributed by atoms with Crippen molar-refractivity contribution in [1.29, 1.82) is 0 Å². The Hall–Kier alpha value is -0.520. The lowest BCUT2D eigenvalue weighted by atomic mass is 9.82. The third-order valence-electron chi connectivity index (χ3n) is 4.85. The fourth-order valence-electron chi connectivity index (χ4n) is 3.67. The van der Waals surface area contributed by atoms with Gasteiger partial charge in [-0.25, -0.2) is 0 Å². The van der Waals surface area contributed by atoms with Crippen LogP contribution >= 0.6 is 0 Å². The summed E-state index contributed by atoms with van der Waals surface area (Å²) >= 11 is 0. The molecular weight excluding hydrogens is 220 g/mol. The molecule has 2 heteroatoms. The first-order valence-corrected chi connectivity index (χ1v) is 7.65. The van der Waals surface area contributed by atoms with Crippen LogP contribution in [0.4, 0.5) is 0 Å². The number of terminal acetylenes is 1. The van der Waals surface area contributed by atoms with E-state index < -0.39 is 0 Å². The Bertz CT molecular complexity index is 288. The monoisotopic (exact) mass is 248 g/mol. The number of piperazine rings is 1. The third kappa shape index (κ3) is 3.28. The van der Waals surface area contributed by atoms with Crippen molar-refractivity contribution >= 4 is 0 Å². The molecule has 0 aromatic rings.